The lowest BCUT2D eigenvalue weighted by molar-refractivity contribution is 0.0699. The molecule has 124 valence electrons. The van der Waals surface area contributed by atoms with Crippen LogP contribution in [0.5, 0.6) is 11.5 Å². The predicted molar refractivity (Wildman–Crippen MR) is 94.6 cm³/mol. The first-order chi connectivity index (χ1) is 11.1. The first-order valence-corrected chi connectivity index (χ1v) is 9.42. The van der Waals surface area contributed by atoms with Crippen molar-refractivity contribution >= 4 is 39.2 Å². The van der Waals surface area contributed by atoms with Gasteiger partial charge in [0.05, 0.1) is 14.2 Å². The number of carboxylic acid groups (broad SMARTS) is 1. The van der Waals surface area contributed by atoms with Gasteiger partial charge < -0.3 is 14.6 Å². The van der Waals surface area contributed by atoms with E-state index in [0.717, 1.165) is 27.8 Å². The minimum absolute atomic E-state index is 0.422. The number of rotatable bonds is 5. The van der Waals surface area contributed by atoms with E-state index in [9.17, 15) is 9.90 Å². The number of fused-ring (bicyclic) bond motifs is 1. The Morgan fingerprint density at radius 1 is 1.17 bits per heavy atom. The molecule has 0 saturated heterocycles. The molecule has 1 aromatic heterocycles. The number of hydrogen-bond donors (Lipinski definition) is 1. The number of hydrogen-bond acceptors (Lipinski definition) is 5. The van der Waals surface area contributed by atoms with Crippen LogP contribution in [0.3, 0.4) is 0 Å². The largest absolute Gasteiger partial charge is 0.493 e. The van der Waals surface area contributed by atoms with Crippen LogP contribution in [0.15, 0.2) is 17.0 Å². The first kappa shape index (κ1) is 16.5. The van der Waals surface area contributed by atoms with Gasteiger partial charge in [-0.05, 0) is 18.9 Å². The quantitative estimate of drug-likeness (QED) is 0.817. The first-order valence-electron chi connectivity index (χ1n) is 7.72. The Kier molecular flexibility index (Phi) is 5.02. The van der Waals surface area contributed by atoms with Gasteiger partial charge in [-0.2, -0.15) is 0 Å². The summed E-state index contributed by atoms with van der Waals surface area (Å²) in [7, 11) is 3.19. The normalized spacial score (nSPS) is 15.7. The van der Waals surface area contributed by atoms with E-state index in [1.165, 1.54) is 30.6 Å². The van der Waals surface area contributed by atoms with Crippen molar-refractivity contribution in [3.05, 3.63) is 17.0 Å². The molecular weight excluding hydrogens is 332 g/mol. The van der Waals surface area contributed by atoms with Crippen molar-refractivity contribution in [1.82, 2.24) is 0 Å². The molecule has 0 aliphatic heterocycles. The van der Waals surface area contributed by atoms with Gasteiger partial charge in [-0.3, -0.25) is 0 Å². The van der Waals surface area contributed by atoms with Crippen LogP contribution in [0.2, 0.25) is 0 Å². The van der Waals surface area contributed by atoms with Crippen LogP contribution in [0.4, 0.5) is 0 Å². The van der Waals surface area contributed by atoms with Crippen LogP contribution < -0.4 is 9.47 Å². The molecule has 3 rings (SSSR count). The summed E-state index contributed by atoms with van der Waals surface area (Å²) in [4.78, 5) is 13.0. The lowest BCUT2D eigenvalue weighted by atomic mass is 10.0. The third-order valence-corrected chi connectivity index (χ3v) is 6.91. The van der Waals surface area contributed by atoms with E-state index < -0.39 is 5.97 Å². The third kappa shape index (κ3) is 3.28. The molecule has 0 radical (unpaired) electrons. The molecule has 1 fully saturated rings. The molecule has 0 atom stereocenters. The monoisotopic (exact) mass is 352 g/mol. The van der Waals surface area contributed by atoms with Gasteiger partial charge >= 0.3 is 5.97 Å². The van der Waals surface area contributed by atoms with Crippen molar-refractivity contribution < 1.29 is 19.4 Å². The van der Waals surface area contributed by atoms with Crippen LogP contribution in [-0.4, -0.2) is 30.5 Å². The van der Waals surface area contributed by atoms with Gasteiger partial charge in [-0.25, -0.2) is 4.79 Å². The Bertz CT molecular complexity index is 717. The second-order valence-electron chi connectivity index (χ2n) is 5.65. The number of carboxylic acids is 1. The summed E-state index contributed by atoms with van der Waals surface area (Å²) >= 11 is 3.03. The zero-order valence-corrected chi connectivity index (χ0v) is 14.9. The maximum absolute atomic E-state index is 11.7. The number of aromatic carboxylic acids is 1. The lowest BCUT2D eigenvalue weighted by Crippen LogP contribution is -2.08. The van der Waals surface area contributed by atoms with Crippen LogP contribution in [0.25, 0.3) is 10.1 Å². The maximum Gasteiger partial charge on any atom is 0.347 e. The Morgan fingerprint density at radius 2 is 1.83 bits per heavy atom. The average Bonchev–Trinajstić information content (AvgIpc) is 2.92. The molecule has 4 nitrogen and oxygen atoms in total. The summed E-state index contributed by atoms with van der Waals surface area (Å²) in [5.74, 6) is 0.412. The van der Waals surface area contributed by atoms with E-state index in [1.807, 2.05) is 12.1 Å². The third-order valence-electron chi connectivity index (χ3n) is 4.18. The van der Waals surface area contributed by atoms with Gasteiger partial charge in [0.15, 0.2) is 11.5 Å². The highest BCUT2D eigenvalue weighted by molar-refractivity contribution is 8.00. The molecule has 1 saturated carbocycles. The molecule has 0 spiro atoms. The molecule has 0 unspecified atom stereocenters. The number of ether oxygens (including phenoxy) is 2. The van der Waals surface area contributed by atoms with Crippen molar-refractivity contribution in [2.24, 2.45) is 0 Å². The summed E-state index contributed by atoms with van der Waals surface area (Å²) < 4.78 is 11.6. The zero-order valence-electron chi connectivity index (χ0n) is 13.3. The molecule has 2 aromatic rings. The molecule has 1 aromatic carbocycles. The average molecular weight is 352 g/mol. The van der Waals surface area contributed by atoms with Gasteiger partial charge in [-0.15, -0.1) is 23.1 Å². The summed E-state index contributed by atoms with van der Waals surface area (Å²) in [5, 5.41) is 11.0. The second kappa shape index (κ2) is 7.01. The summed E-state index contributed by atoms with van der Waals surface area (Å²) in [6.07, 6.45) is 6.08. The zero-order chi connectivity index (χ0) is 16.4. The molecule has 1 heterocycles. The predicted octanol–water partition coefficient (Wildman–Crippen LogP) is 5.04. The van der Waals surface area contributed by atoms with Crippen molar-refractivity contribution in [1.29, 1.82) is 0 Å². The van der Waals surface area contributed by atoms with E-state index in [1.54, 1.807) is 26.0 Å². The van der Waals surface area contributed by atoms with Crippen LogP contribution in [0, 0.1) is 0 Å². The van der Waals surface area contributed by atoms with E-state index >= 15 is 0 Å². The van der Waals surface area contributed by atoms with Gasteiger partial charge in [0.2, 0.25) is 0 Å². The topological polar surface area (TPSA) is 55.8 Å². The van der Waals surface area contributed by atoms with Gasteiger partial charge in [0, 0.05) is 26.3 Å². The van der Waals surface area contributed by atoms with Crippen molar-refractivity contribution in [2.45, 2.75) is 42.2 Å². The molecule has 0 bridgehead atoms. The van der Waals surface area contributed by atoms with Crippen molar-refractivity contribution in [2.75, 3.05) is 14.2 Å². The highest BCUT2D eigenvalue weighted by atomic mass is 32.2. The Balaban J connectivity index is 2.08. The molecule has 23 heavy (non-hydrogen) atoms. The fraction of sp³-hybridized carbons (Fsp3) is 0.471. The van der Waals surface area contributed by atoms with E-state index in [2.05, 4.69) is 0 Å². The molecule has 1 N–H and O–H groups in total. The number of carbonyl (C=O) groups is 1. The SMILES string of the molecule is COc1cc2sc(C(=O)O)c(SC3CCCCC3)c2cc1OC. The number of thiophene rings is 1. The molecule has 1 aliphatic carbocycles. The van der Waals surface area contributed by atoms with Crippen LogP contribution in [0.1, 0.15) is 41.8 Å². The minimum atomic E-state index is -0.859. The highest BCUT2D eigenvalue weighted by Crippen LogP contribution is 2.46. The highest BCUT2D eigenvalue weighted by Gasteiger charge is 2.24. The van der Waals surface area contributed by atoms with E-state index in [4.69, 9.17) is 9.47 Å². The fourth-order valence-electron chi connectivity index (χ4n) is 3.01. The molecule has 6 heteroatoms. The van der Waals surface area contributed by atoms with Crippen molar-refractivity contribution in [3.63, 3.8) is 0 Å². The smallest absolute Gasteiger partial charge is 0.347 e. The fourth-order valence-corrected chi connectivity index (χ4v) is 5.68. The minimum Gasteiger partial charge on any atom is -0.493 e. The van der Waals surface area contributed by atoms with Gasteiger partial charge in [0.1, 0.15) is 4.88 Å². The van der Waals surface area contributed by atoms with E-state index in [-0.39, 0.29) is 0 Å². The number of thioether (sulfide) groups is 1. The molecular formula is C17H20O4S2. The van der Waals surface area contributed by atoms with Crippen LogP contribution in [-0.2, 0) is 0 Å². The standard InChI is InChI=1S/C17H20O4S2/c1-20-12-8-11-14(9-13(12)21-2)23-16(17(18)19)15(11)22-10-6-4-3-5-7-10/h8-10H,3-7H2,1-2H3,(H,18,19). The Labute approximate surface area is 143 Å². The number of methoxy groups -OCH3 is 2. The Morgan fingerprint density at radius 3 is 2.43 bits per heavy atom. The summed E-state index contributed by atoms with van der Waals surface area (Å²) in [5.41, 5.74) is 0. The van der Waals surface area contributed by atoms with E-state index in [0.29, 0.717) is 21.6 Å². The lowest BCUT2D eigenvalue weighted by Gasteiger charge is -2.21. The molecule has 0 amide bonds. The molecule has 1 aliphatic rings. The summed E-state index contributed by atoms with van der Waals surface area (Å²) in [6.45, 7) is 0. The summed E-state index contributed by atoms with van der Waals surface area (Å²) in [6, 6.07) is 3.78. The van der Waals surface area contributed by atoms with Crippen LogP contribution >= 0.6 is 23.1 Å². The van der Waals surface area contributed by atoms with Gasteiger partial charge in [-0.1, -0.05) is 19.3 Å². The number of benzene rings is 1. The Hall–Kier alpha value is -1.40. The van der Waals surface area contributed by atoms with Crippen molar-refractivity contribution in [3.8, 4) is 11.5 Å². The second-order valence-corrected chi connectivity index (χ2v) is 8.01. The van der Waals surface area contributed by atoms with Gasteiger partial charge in [0.25, 0.3) is 0 Å². The maximum atomic E-state index is 11.7.